The average Bonchev–Trinajstić information content (AvgIpc) is 2.09. The SMILES string of the molecule is CC(=O)C1(C)CC[C@H](C)C(C)(C)C1=O. The van der Waals surface area contributed by atoms with Crippen LogP contribution in [0, 0.1) is 16.7 Å². The summed E-state index contributed by atoms with van der Waals surface area (Å²) in [7, 11) is 0. The predicted octanol–water partition coefficient (Wildman–Crippen LogP) is 2.61. The van der Waals surface area contributed by atoms with Gasteiger partial charge in [-0.15, -0.1) is 0 Å². The predicted molar refractivity (Wildman–Crippen MR) is 56.0 cm³/mol. The second-order valence-corrected chi connectivity index (χ2v) is 5.38. The van der Waals surface area contributed by atoms with Crippen molar-refractivity contribution >= 4 is 11.6 Å². The van der Waals surface area contributed by atoms with Crippen LogP contribution in [0.5, 0.6) is 0 Å². The average molecular weight is 196 g/mol. The lowest BCUT2D eigenvalue weighted by molar-refractivity contribution is -0.151. The number of Topliss-reactive ketones (excluding diaryl/α,β-unsaturated/α-hetero) is 2. The van der Waals surface area contributed by atoms with Crippen molar-refractivity contribution in [1.29, 1.82) is 0 Å². The maximum Gasteiger partial charge on any atom is 0.151 e. The van der Waals surface area contributed by atoms with Crippen LogP contribution in [0.2, 0.25) is 0 Å². The van der Waals surface area contributed by atoms with E-state index < -0.39 is 5.41 Å². The molecule has 0 bridgehead atoms. The first-order chi connectivity index (χ1) is 6.23. The van der Waals surface area contributed by atoms with E-state index in [4.69, 9.17) is 0 Å². The minimum Gasteiger partial charge on any atom is -0.299 e. The minimum absolute atomic E-state index is 0.0162. The molecule has 0 heterocycles. The highest BCUT2D eigenvalue weighted by atomic mass is 16.2. The van der Waals surface area contributed by atoms with Crippen molar-refractivity contribution in [2.75, 3.05) is 0 Å². The molecular formula is C12H20O2. The van der Waals surface area contributed by atoms with Crippen molar-refractivity contribution in [2.24, 2.45) is 16.7 Å². The third-order valence-corrected chi connectivity index (χ3v) is 4.17. The van der Waals surface area contributed by atoms with Gasteiger partial charge in [0.2, 0.25) is 0 Å². The zero-order chi connectivity index (χ0) is 11.1. The number of hydrogen-bond acceptors (Lipinski definition) is 2. The molecule has 0 N–H and O–H groups in total. The van der Waals surface area contributed by atoms with Crippen molar-refractivity contribution in [3.63, 3.8) is 0 Å². The number of carbonyl (C=O) groups excluding carboxylic acids is 2. The van der Waals surface area contributed by atoms with Gasteiger partial charge in [-0.3, -0.25) is 9.59 Å². The summed E-state index contributed by atoms with van der Waals surface area (Å²) >= 11 is 0. The molecule has 1 saturated carbocycles. The first-order valence-electron chi connectivity index (χ1n) is 5.29. The maximum atomic E-state index is 12.2. The first-order valence-corrected chi connectivity index (χ1v) is 5.29. The van der Waals surface area contributed by atoms with E-state index in [0.717, 1.165) is 6.42 Å². The van der Waals surface area contributed by atoms with E-state index in [0.29, 0.717) is 12.3 Å². The summed E-state index contributed by atoms with van der Waals surface area (Å²) in [5.41, 5.74) is -1.07. The van der Waals surface area contributed by atoms with Crippen molar-refractivity contribution < 1.29 is 9.59 Å². The Labute approximate surface area is 86.1 Å². The van der Waals surface area contributed by atoms with Gasteiger partial charge in [-0.05, 0) is 32.6 Å². The van der Waals surface area contributed by atoms with Crippen molar-refractivity contribution in [1.82, 2.24) is 0 Å². The molecule has 2 nitrogen and oxygen atoms in total. The molecule has 0 aromatic rings. The monoisotopic (exact) mass is 196 g/mol. The largest absolute Gasteiger partial charge is 0.299 e. The van der Waals surface area contributed by atoms with Crippen LogP contribution in [0.15, 0.2) is 0 Å². The van der Waals surface area contributed by atoms with Crippen LogP contribution in [0.4, 0.5) is 0 Å². The molecule has 1 fully saturated rings. The summed E-state index contributed by atoms with van der Waals surface area (Å²) < 4.78 is 0. The van der Waals surface area contributed by atoms with Gasteiger partial charge in [0.05, 0.1) is 5.41 Å². The van der Waals surface area contributed by atoms with Gasteiger partial charge in [0.1, 0.15) is 5.78 Å². The Morgan fingerprint density at radius 2 is 1.86 bits per heavy atom. The van der Waals surface area contributed by atoms with Gasteiger partial charge in [0.15, 0.2) is 5.78 Å². The molecule has 0 aromatic heterocycles. The molecule has 1 unspecified atom stereocenters. The quantitative estimate of drug-likeness (QED) is 0.604. The molecule has 80 valence electrons. The van der Waals surface area contributed by atoms with Crippen LogP contribution in [-0.4, -0.2) is 11.6 Å². The molecule has 0 aliphatic heterocycles. The standard InChI is InChI=1S/C12H20O2/c1-8-6-7-12(5,9(2)13)10(14)11(8,3)4/h8H,6-7H2,1-5H3/t8-,12?/m0/s1. The molecule has 0 saturated heterocycles. The van der Waals surface area contributed by atoms with Crippen LogP contribution in [0.1, 0.15) is 47.5 Å². The smallest absolute Gasteiger partial charge is 0.151 e. The molecule has 2 atom stereocenters. The second kappa shape index (κ2) is 3.18. The van der Waals surface area contributed by atoms with E-state index in [-0.39, 0.29) is 17.0 Å². The lowest BCUT2D eigenvalue weighted by atomic mass is 9.58. The molecule has 0 amide bonds. The zero-order valence-corrected chi connectivity index (χ0v) is 9.81. The Balaban J connectivity index is 3.08. The van der Waals surface area contributed by atoms with Crippen LogP contribution in [0.25, 0.3) is 0 Å². The van der Waals surface area contributed by atoms with Crippen LogP contribution in [0.3, 0.4) is 0 Å². The molecule has 2 heteroatoms. The molecule has 1 aliphatic carbocycles. The molecule has 0 aromatic carbocycles. The van der Waals surface area contributed by atoms with Crippen LogP contribution < -0.4 is 0 Å². The Hall–Kier alpha value is -0.660. The van der Waals surface area contributed by atoms with Crippen LogP contribution >= 0.6 is 0 Å². The fourth-order valence-electron chi connectivity index (χ4n) is 2.25. The van der Waals surface area contributed by atoms with E-state index in [1.807, 2.05) is 13.8 Å². The molecule has 0 radical (unpaired) electrons. The lowest BCUT2D eigenvalue weighted by Crippen LogP contribution is -2.50. The number of carbonyl (C=O) groups is 2. The van der Waals surface area contributed by atoms with Crippen LogP contribution in [-0.2, 0) is 9.59 Å². The van der Waals surface area contributed by atoms with Gasteiger partial charge < -0.3 is 0 Å². The van der Waals surface area contributed by atoms with Gasteiger partial charge in [0.25, 0.3) is 0 Å². The number of hydrogen-bond donors (Lipinski definition) is 0. The second-order valence-electron chi connectivity index (χ2n) is 5.38. The van der Waals surface area contributed by atoms with Crippen molar-refractivity contribution in [2.45, 2.75) is 47.5 Å². The third kappa shape index (κ3) is 1.41. The highest BCUT2D eigenvalue weighted by Crippen LogP contribution is 2.46. The van der Waals surface area contributed by atoms with Crippen molar-refractivity contribution in [3.8, 4) is 0 Å². The minimum atomic E-state index is -0.726. The summed E-state index contributed by atoms with van der Waals surface area (Å²) in [6.45, 7) is 9.34. The Morgan fingerprint density at radius 3 is 2.29 bits per heavy atom. The lowest BCUT2D eigenvalue weighted by Gasteiger charge is -2.43. The summed E-state index contributed by atoms with van der Waals surface area (Å²) in [6, 6.07) is 0. The number of ketones is 2. The van der Waals surface area contributed by atoms with Gasteiger partial charge in [-0.2, -0.15) is 0 Å². The highest BCUT2D eigenvalue weighted by molar-refractivity contribution is 6.08. The van der Waals surface area contributed by atoms with Gasteiger partial charge in [-0.25, -0.2) is 0 Å². The molecule has 0 spiro atoms. The van der Waals surface area contributed by atoms with E-state index in [9.17, 15) is 9.59 Å². The first kappa shape index (κ1) is 11.4. The summed E-state index contributed by atoms with van der Waals surface area (Å²) in [5.74, 6) is 0.515. The Bertz CT molecular complexity index is 278. The fraction of sp³-hybridized carbons (Fsp3) is 0.833. The topological polar surface area (TPSA) is 34.1 Å². The van der Waals surface area contributed by atoms with Gasteiger partial charge >= 0.3 is 0 Å². The molecule has 1 rings (SSSR count). The zero-order valence-electron chi connectivity index (χ0n) is 9.81. The van der Waals surface area contributed by atoms with E-state index >= 15 is 0 Å². The number of rotatable bonds is 1. The van der Waals surface area contributed by atoms with E-state index in [2.05, 4.69) is 6.92 Å². The Morgan fingerprint density at radius 1 is 1.36 bits per heavy atom. The molecular weight excluding hydrogens is 176 g/mol. The summed E-state index contributed by atoms with van der Waals surface area (Å²) in [5, 5.41) is 0. The Kier molecular flexibility index (Phi) is 2.59. The summed E-state index contributed by atoms with van der Waals surface area (Å²) in [6.07, 6.45) is 1.68. The van der Waals surface area contributed by atoms with E-state index in [1.54, 1.807) is 6.92 Å². The molecule has 1 aliphatic rings. The van der Waals surface area contributed by atoms with Gasteiger partial charge in [0, 0.05) is 5.41 Å². The third-order valence-electron chi connectivity index (χ3n) is 4.17. The summed E-state index contributed by atoms with van der Waals surface area (Å²) in [4.78, 5) is 23.7. The normalized spacial score (nSPS) is 36.9. The van der Waals surface area contributed by atoms with E-state index in [1.165, 1.54) is 6.92 Å². The van der Waals surface area contributed by atoms with Crippen molar-refractivity contribution in [3.05, 3.63) is 0 Å². The fourth-order valence-corrected chi connectivity index (χ4v) is 2.25. The maximum absolute atomic E-state index is 12.2. The van der Waals surface area contributed by atoms with Gasteiger partial charge in [-0.1, -0.05) is 20.8 Å². The molecule has 14 heavy (non-hydrogen) atoms. The highest BCUT2D eigenvalue weighted by Gasteiger charge is 2.51.